The minimum Gasteiger partial charge on any atom is -0.400 e. The first kappa shape index (κ1) is 18.5. The molecule has 6 heteroatoms. The molecular formula is C20H24N4OS. The van der Waals surface area contributed by atoms with E-state index in [1.807, 2.05) is 24.5 Å². The molecule has 0 unspecified atom stereocenters. The Morgan fingerprint density at radius 3 is 2.85 bits per heavy atom. The average Bonchev–Trinajstić information content (AvgIpc) is 3.30. The first-order chi connectivity index (χ1) is 12.8. The van der Waals surface area contributed by atoms with Crippen molar-refractivity contribution in [1.29, 1.82) is 0 Å². The maximum atomic E-state index is 7.00. The fourth-order valence-electron chi connectivity index (χ4n) is 3.31. The lowest BCUT2D eigenvalue weighted by Gasteiger charge is -2.15. The molecule has 0 atom stereocenters. The molecular weight excluding hydrogens is 344 g/mol. The number of aliphatic hydroxyl groups excluding tert-OH is 1. The van der Waals surface area contributed by atoms with Crippen molar-refractivity contribution in [2.24, 2.45) is 7.05 Å². The van der Waals surface area contributed by atoms with Crippen LogP contribution in [0.4, 0.5) is 0 Å². The monoisotopic (exact) mass is 368 g/mol. The maximum absolute atomic E-state index is 7.00. The number of rotatable bonds is 3. The summed E-state index contributed by atoms with van der Waals surface area (Å²) in [6.07, 6.45) is 12.4. The van der Waals surface area contributed by atoms with Crippen LogP contribution in [0.15, 0.2) is 36.8 Å². The van der Waals surface area contributed by atoms with Gasteiger partial charge in [0.15, 0.2) is 5.82 Å². The molecule has 3 aromatic heterocycles. The van der Waals surface area contributed by atoms with Crippen molar-refractivity contribution < 1.29 is 5.11 Å². The van der Waals surface area contributed by atoms with Crippen LogP contribution in [0.2, 0.25) is 0 Å². The molecule has 0 bridgehead atoms. The van der Waals surface area contributed by atoms with Crippen LogP contribution in [0.3, 0.4) is 0 Å². The summed E-state index contributed by atoms with van der Waals surface area (Å²) in [7, 11) is 3.12. The molecule has 0 radical (unpaired) electrons. The summed E-state index contributed by atoms with van der Waals surface area (Å²) in [5.41, 5.74) is 5.00. The van der Waals surface area contributed by atoms with E-state index in [1.54, 1.807) is 17.5 Å². The number of thiazole rings is 1. The number of hydrogen-bond acceptors (Lipinski definition) is 5. The summed E-state index contributed by atoms with van der Waals surface area (Å²) in [6, 6.07) is 3.98. The summed E-state index contributed by atoms with van der Waals surface area (Å²) < 4.78 is 2.25. The highest BCUT2D eigenvalue weighted by Crippen LogP contribution is 2.36. The Kier molecular flexibility index (Phi) is 5.96. The van der Waals surface area contributed by atoms with Crippen LogP contribution in [0.5, 0.6) is 0 Å². The third-order valence-corrected chi connectivity index (χ3v) is 5.50. The summed E-state index contributed by atoms with van der Waals surface area (Å²) in [5.74, 6) is 1.02. The zero-order chi connectivity index (χ0) is 18.5. The van der Waals surface area contributed by atoms with E-state index in [9.17, 15) is 0 Å². The zero-order valence-electron chi connectivity index (χ0n) is 15.4. The predicted molar refractivity (Wildman–Crippen MR) is 107 cm³/mol. The topological polar surface area (TPSA) is 63.8 Å². The second-order valence-electron chi connectivity index (χ2n) is 6.05. The summed E-state index contributed by atoms with van der Waals surface area (Å²) >= 11 is 1.68. The van der Waals surface area contributed by atoms with Crippen molar-refractivity contribution in [2.75, 3.05) is 7.11 Å². The number of fused-ring (bicyclic) bond motifs is 1. The van der Waals surface area contributed by atoms with Gasteiger partial charge in [-0.2, -0.15) is 0 Å². The number of aromatic nitrogens is 4. The first-order valence-corrected chi connectivity index (χ1v) is 9.66. The Labute approximate surface area is 158 Å². The molecule has 0 fully saturated rings. The van der Waals surface area contributed by atoms with Crippen LogP contribution < -0.4 is 0 Å². The molecule has 0 saturated heterocycles. The quantitative estimate of drug-likeness (QED) is 0.747. The molecule has 3 aromatic rings. The van der Waals surface area contributed by atoms with Crippen LogP contribution in [0.25, 0.3) is 26.8 Å². The van der Waals surface area contributed by atoms with Crippen molar-refractivity contribution in [3.63, 3.8) is 0 Å². The van der Waals surface area contributed by atoms with Gasteiger partial charge in [-0.1, -0.05) is 13.0 Å². The smallest absolute Gasteiger partial charge is 0.152 e. The van der Waals surface area contributed by atoms with E-state index in [-0.39, 0.29) is 0 Å². The lowest BCUT2D eigenvalue weighted by Crippen LogP contribution is -2.05. The van der Waals surface area contributed by atoms with Gasteiger partial charge in [-0.3, -0.25) is 4.98 Å². The average molecular weight is 369 g/mol. The maximum Gasteiger partial charge on any atom is 0.152 e. The Morgan fingerprint density at radius 1 is 1.27 bits per heavy atom. The van der Waals surface area contributed by atoms with Gasteiger partial charge >= 0.3 is 0 Å². The van der Waals surface area contributed by atoms with E-state index < -0.39 is 0 Å². The van der Waals surface area contributed by atoms with Gasteiger partial charge in [0.05, 0.1) is 10.6 Å². The zero-order valence-corrected chi connectivity index (χ0v) is 16.3. The molecule has 3 heterocycles. The highest BCUT2D eigenvalue weighted by Gasteiger charge is 2.23. The highest BCUT2D eigenvalue weighted by atomic mass is 32.1. The number of imidazole rings is 1. The largest absolute Gasteiger partial charge is 0.400 e. The van der Waals surface area contributed by atoms with Crippen molar-refractivity contribution >= 4 is 16.9 Å². The fourth-order valence-corrected chi connectivity index (χ4v) is 4.24. The molecule has 5 nitrogen and oxygen atoms in total. The van der Waals surface area contributed by atoms with Crippen LogP contribution in [-0.2, 0) is 13.5 Å². The van der Waals surface area contributed by atoms with Crippen LogP contribution in [0, 0.1) is 0 Å². The third kappa shape index (κ3) is 3.48. The number of hydrogen-bond donors (Lipinski definition) is 1. The van der Waals surface area contributed by atoms with E-state index in [0.717, 1.165) is 47.6 Å². The third-order valence-electron chi connectivity index (χ3n) is 4.46. The molecule has 4 rings (SSSR count). The van der Waals surface area contributed by atoms with Gasteiger partial charge in [0.25, 0.3) is 0 Å². The fraction of sp³-hybridized carbons (Fsp3) is 0.350. The molecule has 0 aromatic carbocycles. The second-order valence-corrected chi connectivity index (χ2v) is 7.08. The number of aliphatic hydroxyl groups is 1. The number of allylic oxidation sites excluding steroid dienone is 2. The molecule has 0 saturated carbocycles. The number of pyridine rings is 1. The van der Waals surface area contributed by atoms with Gasteiger partial charge in [0.2, 0.25) is 0 Å². The Hall–Kier alpha value is -2.31. The minimum absolute atomic E-state index is 0.989. The lowest BCUT2D eigenvalue weighted by molar-refractivity contribution is 0.399. The standard InChI is InChI=1S/C19H20N4S.CH4O/c1-3-6-13-7-4-9-15-17(13)22-18(23(15)2)16-12-21-19(24-16)14-8-5-10-20-11-14;1-2/h5-6,8,10-12H,3-4,7,9H2,1-2H3;2H,1H3/b13-6-;. The van der Waals surface area contributed by atoms with E-state index >= 15 is 0 Å². The van der Waals surface area contributed by atoms with Gasteiger partial charge in [-0.05, 0) is 43.4 Å². The molecule has 1 N–H and O–H groups in total. The normalized spacial score (nSPS) is 14.7. The summed E-state index contributed by atoms with van der Waals surface area (Å²) in [5, 5.41) is 7.99. The summed E-state index contributed by atoms with van der Waals surface area (Å²) in [4.78, 5) is 14.8. The molecule has 0 amide bonds. The molecule has 26 heavy (non-hydrogen) atoms. The van der Waals surface area contributed by atoms with Crippen LogP contribution in [-0.4, -0.2) is 31.7 Å². The van der Waals surface area contributed by atoms with Gasteiger partial charge in [0, 0.05) is 44.0 Å². The minimum atomic E-state index is 0.989. The van der Waals surface area contributed by atoms with E-state index in [4.69, 9.17) is 10.1 Å². The Morgan fingerprint density at radius 2 is 2.12 bits per heavy atom. The molecule has 136 valence electrons. The van der Waals surface area contributed by atoms with Gasteiger partial charge in [-0.15, -0.1) is 11.3 Å². The van der Waals surface area contributed by atoms with Crippen molar-refractivity contribution in [2.45, 2.75) is 32.6 Å². The van der Waals surface area contributed by atoms with Gasteiger partial charge in [-0.25, -0.2) is 9.97 Å². The highest BCUT2D eigenvalue weighted by molar-refractivity contribution is 7.18. The molecule has 0 spiro atoms. The Bertz CT molecular complexity index is 896. The predicted octanol–water partition coefficient (Wildman–Crippen LogP) is 4.34. The molecule has 1 aliphatic carbocycles. The number of nitrogens with zero attached hydrogens (tertiary/aromatic N) is 4. The van der Waals surface area contributed by atoms with E-state index in [0.29, 0.717) is 0 Å². The van der Waals surface area contributed by atoms with Crippen molar-refractivity contribution in [3.05, 3.63) is 48.2 Å². The van der Waals surface area contributed by atoms with Crippen molar-refractivity contribution in [1.82, 2.24) is 19.5 Å². The van der Waals surface area contributed by atoms with Gasteiger partial charge < -0.3 is 9.67 Å². The van der Waals surface area contributed by atoms with Crippen LogP contribution >= 0.6 is 11.3 Å². The molecule has 0 aliphatic heterocycles. The van der Waals surface area contributed by atoms with Crippen molar-refractivity contribution in [3.8, 4) is 21.3 Å². The summed E-state index contributed by atoms with van der Waals surface area (Å²) in [6.45, 7) is 2.19. The SMILES string of the molecule is CC/C=C1/CCCc2c1nc(-c1cnc(-c3cccnc3)s1)n2C.CO. The second kappa shape index (κ2) is 8.38. The van der Waals surface area contributed by atoms with Crippen LogP contribution in [0.1, 0.15) is 37.6 Å². The van der Waals surface area contributed by atoms with Gasteiger partial charge in [0.1, 0.15) is 5.01 Å². The van der Waals surface area contributed by atoms with E-state index in [1.165, 1.54) is 23.4 Å². The first-order valence-electron chi connectivity index (χ1n) is 8.84. The lowest BCUT2D eigenvalue weighted by atomic mass is 9.95. The van der Waals surface area contributed by atoms with E-state index in [2.05, 4.69) is 34.6 Å². The Balaban J connectivity index is 0.000000948. The molecule has 1 aliphatic rings.